The van der Waals surface area contributed by atoms with Gasteiger partial charge < -0.3 is 10.1 Å². The molecule has 0 unspecified atom stereocenters. The van der Waals surface area contributed by atoms with Crippen LogP contribution in [0.2, 0.25) is 0 Å². The van der Waals surface area contributed by atoms with Crippen LogP contribution >= 0.6 is 12.2 Å². The van der Waals surface area contributed by atoms with Gasteiger partial charge in [0.15, 0.2) is 5.11 Å². The van der Waals surface area contributed by atoms with Gasteiger partial charge in [0.1, 0.15) is 5.75 Å². The highest BCUT2D eigenvalue weighted by Crippen LogP contribution is 2.25. The summed E-state index contributed by atoms with van der Waals surface area (Å²) in [6, 6.07) is 15.3. The van der Waals surface area contributed by atoms with E-state index in [-0.39, 0.29) is 16.5 Å². The molecule has 2 aromatic carbocycles. The summed E-state index contributed by atoms with van der Waals surface area (Å²) in [4.78, 5) is 11.8. The number of carbonyl (C=O) groups is 1. The van der Waals surface area contributed by atoms with Gasteiger partial charge in [0.2, 0.25) is 5.91 Å². The molecule has 0 spiro atoms. The van der Waals surface area contributed by atoms with Crippen LogP contribution in [0.5, 0.6) is 5.75 Å². The van der Waals surface area contributed by atoms with Gasteiger partial charge in [-0.3, -0.25) is 10.1 Å². The Morgan fingerprint density at radius 2 is 1.75 bits per heavy atom. The van der Waals surface area contributed by atoms with Gasteiger partial charge in [0.25, 0.3) is 0 Å². The second-order valence-corrected chi connectivity index (χ2v) is 4.97. The molecule has 0 radical (unpaired) electrons. The molecule has 2 rings (SSSR count). The lowest BCUT2D eigenvalue weighted by Crippen LogP contribution is -2.33. The van der Waals surface area contributed by atoms with E-state index >= 15 is 0 Å². The Labute approximate surface area is 143 Å². The monoisotopic (exact) mass is 348 g/mol. The third-order valence-corrected chi connectivity index (χ3v) is 3.02. The van der Waals surface area contributed by atoms with Crippen molar-refractivity contribution in [1.29, 1.82) is 0 Å². The number of halogens is 2. The molecule has 0 saturated carbocycles. The first-order chi connectivity index (χ1) is 11.5. The molecule has 0 atom stereocenters. The highest BCUT2D eigenvalue weighted by molar-refractivity contribution is 7.80. The second-order valence-electron chi connectivity index (χ2n) is 4.56. The van der Waals surface area contributed by atoms with E-state index in [1.807, 2.05) is 30.3 Å². The number of carbonyl (C=O) groups excluding carboxylic acids is 1. The van der Waals surface area contributed by atoms with Crippen molar-refractivity contribution in [2.24, 2.45) is 0 Å². The molecule has 0 fully saturated rings. The van der Waals surface area contributed by atoms with E-state index in [0.717, 1.165) is 5.56 Å². The maximum atomic E-state index is 12.3. The molecule has 24 heavy (non-hydrogen) atoms. The Balaban J connectivity index is 1.94. The standard InChI is InChI=1S/C17H14F2N2O2S/c18-16(19)23-14-9-5-4-8-13(14)20-17(24)21-15(22)11-10-12-6-2-1-3-7-12/h1-11,16H,(H2,20,21,22,24). The number of thiocarbonyl (C=S) groups is 1. The molecule has 2 aromatic rings. The van der Waals surface area contributed by atoms with Crippen LogP contribution in [0.15, 0.2) is 60.7 Å². The van der Waals surface area contributed by atoms with Gasteiger partial charge in [-0.25, -0.2) is 0 Å². The number of nitrogens with one attached hydrogen (secondary N) is 2. The zero-order chi connectivity index (χ0) is 17.4. The van der Waals surface area contributed by atoms with Crippen LogP contribution in [0, 0.1) is 0 Å². The molecule has 0 aromatic heterocycles. The maximum absolute atomic E-state index is 12.3. The molecular formula is C17H14F2N2O2S. The summed E-state index contributed by atoms with van der Waals surface area (Å²) < 4.78 is 29.1. The molecule has 2 N–H and O–H groups in total. The predicted molar refractivity (Wildman–Crippen MR) is 92.9 cm³/mol. The molecule has 0 heterocycles. The molecule has 0 aliphatic heterocycles. The van der Waals surface area contributed by atoms with Gasteiger partial charge in [-0.15, -0.1) is 0 Å². The van der Waals surface area contributed by atoms with Gasteiger partial charge in [0.05, 0.1) is 5.69 Å². The minimum absolute atomic E-state index is 0.0250. The Morgan fingerprint density at radius 1 is 1.08 bits per heavy atom. The number of rotatable bonds is 5. The number of ether oxygens (including phenoxy) is 1. The van der Waals surface area contributed by atoms with Crippen LogP contribution in [0.25, 0.3) is 6.08 Å². The zero-order valence-corrected chi connectivity index (χ0v) is 13.2. The van der Waals surface area contributed by atoms with E-state index in [2.05, 4.69) is 15.4 Å². The van der Waals surface area contributed by atoms with Gasteiger partial charge in [0, 0.05) is 6.08 Å². The molecule has 1 amide bonds. The van der Waals surface area contributed by atoms with Crippen LogP contribution in [-0.2, 0) is 4.79 Å². The number of para-hydroxylation sites is 2. The lowest BCUT2D eigenvalue weighted by atomic mass is 10.2. The lowest BCUT2D eigenvalue weighted by Gasteiger charge is -2.13. The van der Waals surface area contributed by atoms with Crippen LogP contribution < -0.4 is 15.4 Å². The average molecular weight is 348 g/mol. The molecular weight excluding hydrogens is 334 g/mol. The van der Waals surface area contributed by atoms with Crippen molar-refractivity contribution in [3.63, 3.8) is 0 Å². The van der Waals surface area contributed by atoms with Crippen LogP contribution in [0.4, 0.5) is 14.5 Å². The van der Waals surface area contributed by atoms with Crippen molar-refractivity contribution in [1.82, 2.24) is 5.32 Å². The number of hydrogen-bond acceptors (Lipinski definition) is 3. The zero-order valence-electron chi connectivity index (χ0n) is 12.4. The van der Waals surface area contributed by atoms with Crippen molar-refractivity contribution in [3.8, 4) is 5.75 Å². The number of alkyl halides is 2. The Kier molecular flexibility index (Phi) is 6.39. The minimum Gasteiger partial charge on any atom is -0.433 e. The Bertz CT molecular complexity index is 736. The normalized spacial score (nSPS) is 10.6. The number of amides is 1. The van der Waals surface area contributed by atoms with Crippen molar-refractivity contribution in [2.75, 3.05) is 5.32 Å². The van der Waals surface area contributed by atoms with Crippen LogP contribution in [-0.4, -0.2) is 17.6 Å². The largest absolute Gasteiger partial charge is 0.433 e. The Hall–Kier alpha value is -2.80. The van der Waals surface area contributed by atoms with Crippen molar-refractivity contribution >= 4 is 35.0 Å². The highest BCUT2D eigenvalue weighted by Gasteiger charge is 2.10. The quantitative estimate of drug-likeness (QED) is 0.637. The number of hydrogen-bond donors (Lipinski definition) is 2. The minimum atomic E-state index is -2.95. The van der Waals surface area contributed by atoms with E-state index in [1.165, 1.54) is 18.2 Å². The molecule has 0 aliphatic carbocycles. The summed E-state index contributed by atoms with van der Waals surface area (Å²) in [7, 11) is 0. The fourth-order valence-electron chi connectivity index (χ4n) is 1.81. The first-order valence-corrected chi connectivity index (χ1v) is 7.34. The third kappa shape index (κ3) is 5.77. The van der Waals surface area contributed by atoms with E-state index in [1.54, 1.807) is 18.2 Å². The first-order valence-electron chi connectivity index (χ1n) is 6.93. The van der Waals surface area contributed by atoms with Crippen molar-refractivity contribution in [2.45, 2.75) is 6.61 Å². The van der Waals surface area contributed by atoms with Gasteiger partial charge >= 0.3 is 6.61 Å². The molecule has 0 bridgehead atoms. The SMILES string of the molecule is O=C(C=Cc1ccccc1)NC(=S)Nc1ccccc1OC(F)F. The number of anilines is 1. The number of benzene rings is 2. The van der Waals surface area contributed by atoms with Crippen molar-refractivity contribution in [3.05, 3.63) is 66.2 Å². The first kappa shape index (κ1) is 17.6. The van der Waals surface area contributed by atoms with Gasteiger partial charge in [-0.2, -0.15) is 8.78 Å². The summed E-state index contributed by atoms with van der Waals surface area (Å²) in [6.07, 6.45) is 2.96. The molecule has 4 nitrogen and oxygen atoms in total. The van der Waals surface area contributed by atoms with E-state index in [4.69, 9.17) is 12.2 Å². The summed E-state index contributed by atoms with van der Waals surface area (Å²) >= 11 is 5.00. The highest BCUT2D eigenvalue weighted by atomic mass is 32.1. The van der Waals surface area contributed by atoms with Gasteiger partial charge in [-0.1, -0.05) is 42.5 Å². The second kappa shape index (κ2) is 8.73. The summed E-state index contributed by atoms with van der Waals surface area (Å²) in [5.41, 5.74) is 1.09. The topological polar surface area (TPSA) is 50.4 Å². The Morgan fingerprint density at radius 3 is 2.46 bits per heavy atom. The fraction of sp³-hybridized carbons (Fsp3) is 0.0588. The van der Waals surface area contributed by atoms with Gasteiger partial charge in [-0.05, 0) is 36.0 Å². The molecule has 0 saturated heterocycles. The van der Waals surface area contributed by atoms with Crippen molar-refractivity contribution < 1.29 is 18.3 Å². The molecule has 124 valence electrons. The summed E-state index contributed by atoms with van der Waals surface area (Å²) in [6.45, 7) is -2.95. The van der Waals surface area contributed by atoms with Crippen LogP contribution in [0.1, 0.15) is 5.56 Å². The lowest BCUT2D eigenvalue weighted by molar-refractivity contribution is -0.115. The van der Waals surface area contributed by atoms with E-state index in [9.17, 15) is 13.6 Å². The summed E-state index contributed by atoms with van der Waals surface area (Å²) in [5, 5.41) is 5.06. The smallest absolute Gasteiger partial charge is 0.387 e. The fourth-order valence-corrected chi connectivity index (χ4v) is 2.02. The molecule has 7 heteroatoms. The van der Waals surface area contributed by atoms with Crippen LogP contribution in [0.3, 0.4) is 0 Å². The third-order valence-electron chi connectivity index (χ3n) is 2.81. The summed E-state index contributed by atoms with van der Waals surface area (Å²) in [5.74, 6) is -0.507. The van der Waals surface area contributed by atoms with E-state index in [0.29, 0.717) is 0 Å². The molecule has 0 aliphatic rings. The van der Waals surface area contributed by atoms with E-state index < -0.39 is 12.5 Å². The maximum Gasteiger partial charge on any atom is 0.387 e. The predicted octanol–water partition coefficient (Wildman–Crippen LogP) is 3.81. The average Bonchev–Trinajstić information content (AvgIpc) is 2.55.